The van der Waals surface area contributed by atoms with Gasteiger partial charge in [-0.3, -0.25) is 9.69 Å². The minimum Gasteiger partial charge on any atom is -0.358 e. The molecule has 0 aromatic carbocycles. The lowest BCUT2D eigenvalue weighted by Crippen LogP contribution is -2.57. The Balaban J connectivity index is 2.69. The van der Waals surface area contributed by atoms with E-state index in [1.807, 2.05) is 0 Å². The van der Waals surface area contributed by atoms with E-state index in [0.29, 0.717) is 13.1 Å². The molecule has 0 heterocycles. The van der Waals surface area contributed by atoms with Crippen LogP contribution in [0.4, 0.5) is 0 Å². The molecular weight excluding hydrogens is 202 g/mol. The van der Waals surface area contributed by atoms with Crippen LogP contribution in [0.1, 0.15) is 39.0 Å². The molecule has 94 valence electrons. The minimum absolute atomic E-state index is 0.0690. The van der Waals surface area contributed by atoms with E-state index in [2.05, 4.69) is 17.1 Å². The van der Waals surface area contributed by atoms with Crippen LogP contribution in [0, 0.1) is 0 Å². The monoisotopic (exact) mass is 227 g/mol. The van der Waals surface area contributed by atoms with Crippen LogP contribution in [-0.2, 0) is 4.79 Å². The first-order valence-corrected chi connectivity index (χ1v) is 6.34. The molecule has 0 saturated heterocycles. The first-order valence-electron chi connectivity index (χ1n) is 6.34. The molecule has 1 rings (SSSR count). The number of hydrogen-bond acceptors (Lipinski definition) is 3. The normalized spacial score (nSPS) is 19.8. The fraction of sp³-hybridized carbons (Fsp3) is 0.917. The standard InChI is InChI=1S/C12H25N3O/c1-3-15(9-11(16)14-2)12(10-13)7-5-4-6-8-12/h3-10,13H2,1-2H3,(H,14,16). The van der Waals surface area contributed by atoms with Gasteiger partial charge in [-0.2, -0.15) is 0 Å². The SMILES string of the molecule is CCN(CC(=O)NC)C1(CN)CCCCC1. The van der Waals surface area contributed by atoms with Gasteiger partial charge in [0.25, 0.3) is 0 Å². The van der Waals surface area contributed by atoms with Gasteiger partial charge in [0.15, 0.2) is 0 Å². The van der Waals surface area contributed by atoms with Gasteiger partial charge in [-0.25, -0.2) is 0 Å². The van der Waals surface area contributed by atoms with Crippen molar-refractivity contribution < 1.29 is 4.79 Å². The molecule has 0 radical (unpaired) electrons. The first-order chi connectivity index (χ1) is 7.68. The van der Waals surface area contributed by atoms with Crippen LogP contribution in [0.25, 0.3) is 0 Å². The Morgan fingerprint density at radius 1 is 1.38 bits per heavy atom. The lowest BCUT2D eigenvalue weighted by molar-refractivity contribution is -0.123. The molecule has 3 N–H and O–H groups in total. The quantitative estimate of drug-likeness (QED) is 0.727. The van der Waals surface area contributed by atoms with E-state index in [1.54, 1.807) is 7.05 Å². The van der Waals surface area contributed by atoms with Crippen molar-refractivity contribution in [2.24, 2.45) is 5.73 Å². The molecule has 0 aliphatic heterocycles. The molecule has 0 bridgehead atoms. The Kier molecular flexibility index (Phi) is 5.22. The van der Waals surface area contributed by atoms with E-state index in [0.717, 1.165) is 19.4 Å². The number of carbonyl (C=O) groups is 1. The van der Waals surface area contributed by atoms with Gasteiger partial charge < -0.3 is 11.1 Å². The molecule has 1 amide bonds. The highest BCUT2D eigenvalue weighted by Crippen LogP contribution is 2.32. The second-order valence-corrected chi connectivity index (χ2v) is 4.68. The predicted molar refractivity (Wildman–Crippen MR) is 66.2 cm³/mol. The maximum Gasteiger partial charge on any atom is 0.233 e. The zero-order chi connectivity index (χ0) is 12.0. The summed E-state index contributed by atoms with van der Waals surface area (Å²) in [6, 6.07) is 0. The van der Waals surface area contributed by atoms with Gasteiger partial charge in [0.2, 0.25) is 5.91 Å². The molecule has 1 aliphatic rings. The van der Waals surface area contributed by atoms with Gasteiger partial charge in [0.05, 0.1) is 6.54 Å². The molecule has 1 fully saturated rings. The van der Waals surface area contributed by atoms with Crippen molar-refractivity contribution in [1.29, 1.82) is 0 Å². The van der Waals surface area contributed by atoms with Crippen molar-refractivity contribution in [3.05, 3.63) is 0 Å². The van der Waals surface area contributed by atoms with Crippen molar-refractivity contribution in [1.82, 2.24) is 10.2 Å². The molecular formula is C12H25N3O. The average Bonchev–Trinajstić information content (AvgIpc) is 2.36. The van der Waals surface area contributed by atoms with E-state index < -0.39 is 0 Å². The fourth-order valence-electron chi connectivity index (χ4n) is 2.73. The molecule has 0 unspecified atom stereocenters. The summed E-state index contributed by atoms with van der Waals surface area (Å²) in [6.45, 7) is 4.14. The topological polar surface area (TPSA) is 58.4 Å². The highest BCUT2D eigenvalue weighted by molar-refractivity contribution is 5.77. The minimum atomic E-state index is 0.0690. The van der Waals surface area contributed by atoms with Crippen LogP contribution in [0.15, 0.2) is 0 Å². The van der Waals surface area contributed by atoms with Crippen LogP contribution in [0.3, 0.4) is 0 Å². The zero-order valence-electron chi connectivity index (χ0n) is 10.6. The molecule has 0 spiro atoms. The van der Waals surface area contributed by atoms with Crippen LogP contribution >= 0.6 is 0 Å². The van der Waals surface area contributed by atoms with Gasteiger partial charge in [-0.1, -0.05) is 26.2 Å². The smallest absolute Gasteiger partial charge is 0.233 e. The predicted octanol–water partition coefficient (Wildman–Crippen LogP) is 0.716. The zero-order valence-corrected chi connectivity index (χ0v) is 10.6. The Morgan fingerprint density at radius 2 is 2.00 bits per heavy atom. The van der Waals surface area contributed by atoms with Gasteiger partial charge >= 0.3 is 0 Å². The number of amides is 1. The third-order valence-corrected chi connectivity index (χ3v) is 3.83. The highest BCUT2D eigenvalue weighted by Gasteiger charge is 2.36. The maximum absolute atomic E-state index is 11.5. The van der Waals surface area contributed by atoms with Crippen LogP contribution in [0.5, 0.6) is 0 Å². The maximum atomic E-state index is 11.5. The summed E-state index contributed by atoms with van der Waals surface area (Å²) in [6.07, 6.45) is 6.05. The Bertz CT molecular complexity index is 224. The largest absolute Gasteiger partial charge is 0.358 e. The second kappa shape index (κ2) is 6.21. The summed E-state index contributed by atoms with van der Waals surface area (Å²) >= 11 is 0. The molecule has 1 aliphatic carbocycles. The lowest BCUT2D eigenvalue weighted by atomic mass is 9.80. The number of nitrogens with two attached hydrogens (primary N) is 1. The van der Waals surface area contributed by atoms with Crippen molar-refractivity contribution in [3.63, 3.8) is 0 Å². The number of carbonyl (C=O) groups excluding carboxylic acids is 1. The molecule has 4 nitrogen and oxygen atoms in total. The van der Waals surface area contributed by atoms with Gasteiger partial charge in [-0.15, -0.1) is 0 Å². The fourth-order valence-corrected chi connectivity index (χ4v) is 2.73. The van der Waals surface area contributed by atoms with Gasteiger partial charge in [-0.05, 0) is 19.4 Å². The number of hydrogen-bond donors (Lipinski definition) is 2. The molecule has 4 heteroatoms. The summed E-state index contributed by atoms with van der Waals surface area (Å²) in [5, 5.41) is 2.69. The number of nitrogens with one attached hydrogen (secondary N) is 1. The van der Waals surface area contributed by atoms with Gasteiger partial charge in [0.1, 0.15) is 0 Å². The Hall–Kier alpha value is -0.610. The van der Waals surface area contributed by atoms with E-state index in [1.165, 1.54) is 19.3 Å². The third-order valence-electron chi connectivity index (χ3n) is 3.83. The molecule has 16 heavy (non-hydrogen) atoms. The third kappa shape index (κ3) is 2.95. The highest BCUT2D eigenvalue weighted by atomic mass is 16.1. The molecule has 1 saturated carbocycles. The van der Waals surface area contributed by atoms with Crippen LogP contribution < -0.4 is 11.1 Å². The molecule has 0 aromatic rings. The van der Waals surface area contributed by atoms with E-state index >= 15 is 0 Å². The van der Waals surface area contributed by atoms with E-state index in [4.69, 9.17) is 5.73 Å². The van der Waals surface area contributed by atoms with E-state index in [9.17, 15) is 4.79 Å². The summed E-state index contributed by atoms with van der Waals surface area (Å²) < 4.78 is 0. The Morgan fingerprint density at radius 3 is 2.44 bits per heavy atom. The summed E-state index contributed by atoms with van der Waals surface area (Å²) in [4.78, 5) is 13.7. The van der Waals surface area contributed by atoms with Gasteiger partial charge in [0, 0.05) is 19.1 Å². The van der Waals surface area contributed by atoms with Crippen LogP contribution in [-0.4, -0.2) is 43.0 Å². The summed E-state index contributed by atoms with van der Waals surface area (Å²) in [5.41, 5.74) is 6.03. The first kappa shape index (κ1) is 13.5. The number of nitrogens with zero attached hydrogens (tertiary/aromatic N) is 1. The van der Waals surface area contributed by atoms with E-state index in [-0.39, 0.29) is 11.4 Å². The Labute approximate surface area is 98.6 Å². The summed E-state index contributed by atoms with van der Waals surface area (Å²) in [5.74, 6) is 0.0836. The molecule has 0 aromatic heterocycles. The number of rotatable bonds is 5. The lowest BCUT2D eigenvalue weighted by Gasteiger charge is -2.45. The van der Waals surface area contributed by atoms with Crippen molar-refractivity contribution in [2.75, 3.05) is 26.7 Å². The number of likely N-dealkylation sites (N-methyl/N-ethyl adjacent to an activating group) is 2. The van der Waals surface area contributed by atoms with Crippen LogP contribution in [0.2, 0.25) is 0 Å². The summed E-state index contributed by atoms with van der Waals surface area (Å²) in [7, 11) is 1.69. The van der Waals surface area contributed by atoms with Crippen molar-refractivity contribution in [3.8, 4) is 0 Å². The molecule has 0 atom stereocenters. The average molecular weight is 227 g/mol. The second-order valence-electron chi connectivity index (χ2n) is 4.68. The van der Waals surface area contributed by atoms with Crippen molar-refractivity contribution in [2.45, 2.75) is 44.6 Å². The van der Waals surface area contributed by atoms with Crippen molar-refractivity contribution >= 4 is 5.91 Å².